The highest BCUT2D eigenvalue weighted by Crippen LogP contribution is 2.23. The lowest BCUT2D eigenvalue weighted by Gasteiger charge is -2.18. The molecule has 0 saturated heterocycles. The predicted molar refractivity (Wildman–Crippen MR) is 118 cm³/mol. The van der Waals surface area contributed by atoms with Crippen LogP contribution in [0.15, 0.2) is 84.9 Å². The molecular formula is C25H20N2O4. The van der Waals surface area contributed by atoms with Crippen LogP contribution in [-0.2, 0) is 9.53 Å². The van der Waals surface area contributed by atoms with Gasteiger partial charge in [-0.25, -0.2) is 4.79 Å². The second-order valence-electron chi connectivity index (χ2n) is 7.09. The molecular weight excluding hydrogens is 392 g/mol. The smallest absolute Gasteiger partial charge is 0.355 e. The number of para-hydroxylation sites is 1. The van der Waals surface area contributed by atoms with Crippen LogP contribution < -0.4 is 5.32 Å². The molecule has 6 nitrogen and oxygen atoms in total. The molecule has 0 saturated carbocycles. The summed E-state index contributed by atoms with van der Waals surface area (Å²) in [5.74, 6) is -1.27. The number of anilines is 1. The number of aromatic amines is 1. The molecule has 0 fully saturated rings. The predicted octanol–water partition coefficient (Wildman–Crippen LogP) is 4.91. The van der Waals surface area contributed by atoms with Gasteiger partial charge in [-0.2, -0.15) is 0 Å². The Morgan fingerprint density at radius 3 is 2.35 bits per heavy atom. The summed E-state index contributed by atoms with van der Waals surface area (Å²) in [5.41, 5.74) is 2.52. The normalized spacial score (nSPS) is 11.6. The molecule has 0 bridgehead atoms. The van der Waals surface area contributed by atoms with Gasteiger partial charge in [0, 0.05) is 27.7 Å². The van der Waals surface area contributed by atoms with Gasteiger partial charge in [-0.3, -0.25) is 9.59 Å². The number of esters is 1. The van der Waals surface area contributed by atoms with Crippen molar-refractivity contribution < 1.29 is 19.1 Å². The van der Waals surface area contributed by atoms with Crippen LogP contribution in [0.2, 0.25) is 0 Å². The van der Waals surface area contributed by atoms with E-state index in [0.717, 1.165) is 10.9 Å². The third kappa shape index (κ3) is 4.53. The molecule has 1 heterocycles. The summed E-state index contributed by atoms with van der Waals surface area (Å²) in [7, 11) is 0. The molecule has 0 unspecified atom stereocenters. The lowest BCUT2D eigenvalue weighted by Crippen LogP contribution is -2.26. The number of fused-ring (bicyclic) bond motifs is 1. The molecule has 2 N–H and O–H groups in total. The molecule has 0 radical (unpaired) electrons. The number of H-pyrrole nitrogens is 1. The third-order valence-electron chi connectivity index (χ3n) is 4.85. The van der Waals surface area contributed by atoms with Crippen molar-refractivity contribution in [3.05, 3.63) is 102 Å². The number of ether oxygens (including phenoxy) is 1. The molecule has 1 aromatic heterocycles. The summed E-state index contributed by atoms with van der Waals surface area (Å²) in [6.07, 6.45) is -1.17. The van der Waals surface area contributed by atoms with Crippen LogP contribution in [-0.4, -0.2) is 22.6 Å². The van der Waals surface area contributed by atoms with Crippen LogP contribution in [0.4, 0.5) is 5.69 Å². The van der Waals surface area contributed by atoms with Crippen LogP contribution in [0, 0.1) is 0 Å². The largest absolute Gasteiger partial charge is 0.443 e. The van der Waals surface area contributed by atoms with E-state index < -0.39 is 18.0 Å². The van der Waals surface area contributed by atoms with Gasteiger partial charge in [0.05, 0.1) is 0 Å². The Balaban J connectivity index is 1.60. The third-order valence-corrected chi connectivity index (χ3v) is 4.85. The van der Waals surface area contributed by atoms with E-state index in [0.29, 0.717) is 16.8 Å². The summed E-state index contributed by atoms with van der Waals surface area (Å²) in [6.45, 7) is 1.45. The fourth-order valence-corrected chi connectivity index (χ4v) is 3.28. The van der Waals surface area contributed by atoms with Crippen LogP contribution in [0.25, 0.3) is 10.9 Å². The quantitative estimate of drug-likeness (QED) is 0.348. The van der Waals surface area contributed by atoms with Crippen molar-refractivity contribution in [2.24, 2.45) is 0 Å². The fourth-order valence-electron chi connectivity index (χ4n) is 3.28. The fraction of sp³-hybridized carbons (Fsp3) is 0.0800. The van der Waals surface area contributed by atoms with Crippen molar-refractivity contribution in [1.29, 1.82) is 0 Å². The van der Waals surface area contributed by atoms with Crippen molar-refractivity contribution in [3.63, 3.8) is 0 Å². The maximum atomic E-state index is 13.0. The van der Waals surface area contributed by atoms with Gasteiger partial charge >= 0.3 is 5.97 Å². The van der Waals surface area contributed by atoms with Crippen molar-refractivity contribution >= 4 is 34.3 Å². The van der Waals surface area contributed by atoms with E-state index in [1.54, 1.807) is 54.6 Å². The van der Waals surface area contributed by atoms with E-state index in [-0.39, 0.29) is 11.5 Å². The highest BCUT2D eigenvalue weighted by molar-refractivity contribution is 6.00. The molecule has 0 aliphatic carbocycles. The van der Waals surface area contributed by atoms with Crippen molar-refractivity contribution in [3.8, 4) is 0 Å². The minimum absolute atomic E-state index is 0.110. The maximum absolute atomic E-state index is 13.0. The van der Waals surface area contributed by atoms with E-state index >= 15 is 0 Å². The van der Waals surface area contributed by atoms with Gasteiger partial charge in [0.2, 0.25) is 6.10 Å². The number of aromatic nitrogens is 1. The minimum atomic E-state index is -1.17. The lowest BCUT2D eigenvalue weighted by molar-refractivity contribution is -0.125. The molecule has 1 atom stereocenters. The average Bonchev–Trinajstić information content (AvgIpc) is 3.22. The Kier molecular flexibility index (Phi) is 5.62. The highest BCUT2D eigenvalue weighted by Gasteiger charge is 2.26. The number of hydrogen-bond acceptors (Lipinski definition) is 4. The van der Waals surface area contributed by atoms with Crippen LogP contribution in [0.3, 0.4) is 0 Å². The number of hydrogen-bond donors (Lipinski definition) is 2. The van der Waals surface area contributed by atoms with Gasteiger partial charge < -0.3 is 15.0 Å². The van der Waals surface area contributed by atoms with Gasteiger partial charge in [0.1, 0.15) is 5.69 Å². The molecule has 0 aliphatic heterocycles. The number of carbonyl (C=O) groups is 3. The van der Waals surface area contributed by atoms with Gasteiger partial charge in [0.25, 0.3) is 5.91 Å². The SMILES string of the molecule is CC(=O)c1cccc(NC(=O)[C@@H](OC(=O)c2cc3ccccc3[nH]2)c2ccccc2)c1. The topological polar surface area (TPSA) is 88.3 Å². The maximum Gasteiger partial charge on any atom is 0.355 e. The number of Topliss-reactive ketones (excluding diaryl/α,β-unsaturated/α-hetero) is 1. The zero-order valence-corrected chi connectivity index (χ0v) is 16.8. The van der Waals surface area contributed by atoms with E-state index in [4.69, 9.17) is 4.74 Å². The molecule has 0 aliphatic rings. The molecule has 31 heavy (non-hydrogen) atoms. The summed E-state index contributed by atoms with van der Waals surface area (Å²) in [6, 6.07) is 24.6. The Morgan fingerprint density at radius 1 is 0.871 bits per heavy atom. The van der Waals surface area contributed by atoms with E-state index in [1.807, 2.05) is 30.3 Å². The molecule has 6 heteroatoms. The first-order valence-corrected chi connectivity index (χ1v) is 9.77. The Bertz CT molecular complexity index is 1230. The van der Waals surface area contributed by atoms with Crippen LogP contribution in [0.5, 0.6) is 0 Å². The summed E-state index contributed by atoms with van der Waals surface area (Å²) < 4.78 is 5.61. The molecule has 0 spiro atoms. The molecule has 154 valence electrons. The summed E-state index contributed by atoms with van der Waals surface area (Å²) in [5, 5.41) is 3.61. The van der Waals surface area contributed by atoms with Gasteiger partial charge in [0.15, 0.2) is 5.78 Å². The first-order valence-electron chi connectivity index (χ1n) is 9.77. The number of nitrogens with one attached hydrogen (secondary N) is 2. The Labute approximate surface area is 178 Å². The standard InChI is InChI=1S/C25H20N2O4/c1-16(28)18-11-7-12-20(14-18)26-24(29)23(17-8-3-2-4-9-17)31-25(30)22-15-19-10-5-6-13-21(19)27-22/h2-15,23,27H,1H3,(H,26,29)/t23-/m0/s1. The zero-order chi connectivity index (χ0) is 21.8. The van der Waals surface area contributed by atoms with Crippen molar-refractivity contribution in [2.45, 2.75) is 13.0 Å². The second-order valence-corrected chi connectivity index (χ2v) is 7.09. The zero-order valence-electron chi connectivity index (χ0n) is 16.8. The molecule has 3 aromatic carbocycles. The van der Waals surface area contributed by atoms with E-state index in [2.05, 4.69) is 10.3 Å². The van der Waals surface area contributed by atoms with Gasteiger partial charge in [-0.1, -0.05) is 60.7 Å². The summed E-state index contributed by atoms with van der Waals surface area (Å²) in [4.78, 5) is 40.5. The second kappa shape index (κ2) is 8.67. The van der Waals surface area contributed by atoms with Crippen molar-refractivity contribution in [2.75, 3.05) is 5.32 Å². The molecule has 4 aromatic rings. The Morgan fingerprint density at radius 2 is 1.61 bits per heavy atom. The number of ketones is 1. The highest BCUT2D eigenvalue weighted by atomic mass is 16.5. The number of benzene rings is 3. The monoisotopic (exact) mass is 412 g/mol. The first-order chi connectivity index (χ1) is 15.0. The molecule has 4 rings (SSSR count). The lowest BCUT2D eigenvalue weighted by atomic mass is 10.1. The minimum Gasteiger partial charge on any atom is -0.443 e. The van der Waals surface area contributed by atoms with Gasteiger partial charge in [-0.15, -0.1) is 0 Å². The van der Waals surface area contributed by atoms with Crippen molar-refractivity contribution in [1.82, 2.24) is 4.98 Å². The van der Waals surface area contributed by atoms with Crippen LogP contribution >= 0.6 is 0 Å². The number of carbonyl (C=O) groups excluding carboxylic acids is 3. The number of rotatable bonds is 6. The number of amides is 1. The Hall–Kier alpha value is -4.19. The average molecular weight is 412 g/mol. The first kappa shape index (κ1) is 20.1. The van der Waals surface area contributed by atoms with E-state index in [9.17, 15) is 14.4 Å². The molecule has 1 amide bonds. The van der Waals surface area contributed by atoms with Crippen LogP contribution in [0.1, 0.15) is 39.4 Å². The van der Waals surface area contributed by atoms with E-state index in [1.165, 1.54) is 6.92 Å². The summed E-state index contributed by atoms with van der Waals surface area (Å²) >= 11 is 0. The van der Waals surface area contributed by atoms with Gasteiger partial charge in [-0.05, 0) is 31.2 Å².